The highest BCUT2D eigenvalue weighted by atomic mass is 32.1. The largest absolute Gasteiger partial charge is 0.443 e. The molecule has 0 saturated carbocycles. The van der Waals surface area contributed by atoms with Crippen molar-refractivity contribution in [2.24, 2.45) is 0 Å². The van der Waals surface area contributed by atoms with E-state index in [0.29, 0.717) is 27.5 Å². The molecule has 0 amide bonds. The minimum Gasteiger partial charge on any atom is -0.398 e. The number of nitrogens with zero attached hydrogens (tertiary/aromatic N) is 1. The van der Waals surface area contributed by atoms with Crippen molar-refractivity contribution in [1.29, 1.82) is 0 Å². The summed E-state index contributed by atoms with van der Waals surface area (Å²) < 4.78 is 37.2. The Morgan fingerprint density at radius 3 is 2.53 bits per heavy atom. The number of benzene rings is 1. The van der Waals surface area contributed by atoms with E-state index in [1.165, 1.54) is 6.20 Å². The maximum atomic E-state index is 12.4. The van der Waals surface area contributed by atoms with Gasteiger partial charge in [-0.1, -0.05) is 12.1 Å². The second-order valence-electron chi connectivity index (χ2n) is 3.60. The second kappa shape index (κ2) is 4.03. The third-order valence-corrected chi connectivity index (χ3v) is 3.40. The van der Waals surface area contributed by atoms with E-state index in [4.69, 9.17) is 5.73 Å². The molecule has 0 bridgehead atoms. The maximum absolute atomic E-state index is 12.4. The third kappa shape index (κ3) is 2.41. The second-order valence-corrected chi connectivity index (χ2v) is 4.63. The molecule has 0 aliphatic heterocycles. The summed E-state index contributed by atoms with van der Waals surface area (Å²) >= 11 is 0.616. The molecule has 0 fully saturated rings. The number of hydrogen-bond acceptors (Lipinski definition) is 3. The molecule has 2 nitrogen and oxygen atoms in total. The van der Waals surface area contributed by atoms with Gasteiger partial charge in [-0.05, 0) is 24.1 Å². The Bertz CT molecular complexity index is 546. The Kier molecular flexibility index (Phi) is 2.82. The van der Waals surface area contributed by atoms with Crippen molar-refractivity contribution in [2.75, 3.05) is 5.73 Å². The average molecular weight is 258 g/mol. The molecule has 2 rings (SSSR count). The van der Waals surface area contributed by atoms with Crippen molar-refractivity contribution in [3.63, 3.8) is 0 Å². The number of thiazole rings is 1. The van der Waals surface area contributed by atoms with Crippen LogP contribution in [0.2, 0.25) is 0 Å². The fraction of sp³-hybridized carbons (Fsp3) is 0.182. The fourth-order valence-corrected chi connectivity index (χ4v) is 2.11. The van der Waals surface area contributed by atoms with Crippen LogP contribution in [0.25, 0.3) is 10.4 Å². The molecule has 0 saturated heterocycles. The topological polar surface area (TPSA) is 38.9 Å². The standard InChI is InChI=1S/C11H9F3N2S/c1-6-2-3-7(4-8(6)15)9-5-16-10(17-9)11(12,13)14/h2-5H,15H2,1H3. The third-order valence-electron chi connectivity index (χ3n) is 2.31. The summed E-state index contributed by atoms with van der Waals surface area (Å²) in [5, 5.41) is -0.841. The van der Waals surface area contributed by atoms with Gasteiger partial charge in [-0.2, -0.15) is 13.2 Å². The molecule has 0 atom stereocenters. The van der Waals surface area contributed by atoms with E-state index < -0.39 is 11.2 Å². The number of aromatic nitrogens is 1. The summed E-state index contributed by atoms with van der Waals surface area (Å²) in [5.41, 5.74) is 7.82. The predicted octanol–water partition coefficient (Wildman–Crippen LogP) is 3.72. The lowest BCUT2D eigenvalue weighted by atomic mass is 10.1. The lowest BCUT2D eigenvalue weighted by Crippen LogP contribution is -2.02. The first kappa shape index (κ1) is 11.9. The summed E-state index contributed by atoms with van der Waals surface area (Å²) in [6, 6.07) is 5.17. The molecule has 0 spiro atoms. The molecule has 0 aliphatic rings. The van der Waals surface area contributed by atoms with E-state index in [9.17, 15) is 13.2 Å². The first-order valence-corrected chi connectivity index (χ1v) is 5.59. The van der Waals surface area contributed by atoms with E-state index >= 15 is 0 Å². The van der Waals surface area contributed by atoms with Gasteiger partial charge in [-0.25, -0.2) is 4.98 Å². The Morgan fingerprint density at radius 2 is 2.00 bits per heavy atom. The predicted molar refractivity (Wildman–Crippen MR) is 61.7 cm³/mol. The van der Waals surface area contributed by atoms with E-state index in [1.807, 2.05) is 6.92 Å². The molecule has 1 heterocycles. The molecular weight excluding hydrogens is 249 g/mol. The van der Waals surface area contributed by atoms with Gasteiger partial charge in [0.2, 0.25) is 0 Å². The van der Waals surface area contributed by atoms with E-state index in [2.05, 4.69) is 4.98 Å². The van der Waals surface area contributed by atoms with Crippen LogP contribution < -0.4 is 5.73 Å². The lowest BCUT2D eigenvalue weighted by Gasteiger charge is -2.02. The van der Waals surface area contributed by atoms with Crippen molar-refractivity contribution in [3.05, 3.63) is 35.0 Å². The number of rotatable bonds is 1. The molecule has 90 valence electrons. The summed E-state index contributed by atoms with van der Waals surface area (Å²) in [7, 11) is 0. The van der Waals surface area contributed by atoms with Crippen molar-refractivity contribution < 1.29 is 13.2 Å². The summed E-state index contributed by atoms with van der Waals surface area (Å²) in [6.07, 6.45) is -3.17. The molecule has 0 radical (unpaired) electrons. The first-order valence-electron chi connectivity index (χ1n) is 4.77. The highest BCUT2D eigenvalue weighted by Gasteiger charge is 2.34. The van der Waals surface area contributed by atoms with Gasteiger partial charge in [0, 0.05) is 11.9 Å². The van der Waals surface area contributed by atoms with Gasteiger partial charge in [-0.3, -0.25) is 0 Å². The highest BCUT2D eigenvalue weighted by molar-refractivity contribution is 7.15. The normalized spacial score (nSPS) is 11.8. The van der Waals surface area contributed by atoms with Crippen LogP contribution in [0.15, 0.2) is 24.4 Å². The average Bonchev–Trinajstić information content (AvgIpc) is 2.70. The highest BCUT2D eigenvalue weighted by Crippen LogP contribution is 2.36. The molecule has 17 heavy (non-hydrogen) atoms. The molecule has 2 aromatic rings. The van der Waals surface area contributed by atoms with E-state index in [-0.39, 0.29) is 0 Å². The van der Waals surface area contributed by atoms with Crippen molar-refractivity contribution in [2.45, 2.75) is 13.1 Å². The zero-order chi connectivity index (χ0) is 12.6. The Morgan fingerprint density at radius 1 is 1.29 bits per heavy atom. The van der Waals surface area contributed by atoms with Gasteiger partial charge >= 0.3 is 6.18 Å². The van der Waals surface area contributed by atoms with E-state index in [0.717, 1.165) is 5.56 Å². The van der Waals surface area contributed by atoms with Gasteiger partial charge < -0.3 is 5.73 Å². The molecule has 1 aromatic heterocycles. The monoisotopic (exact) mass is 258 g/mol. The molecule has 2 N–H and O–H groups in total. The van der Waals surface area contributed by atoms with E-state index in [1.54, 1.807) is 18.2 Å². The fourth-order valence-electron chi connectivity index (χ4n) is 1.33. The van der Waals surface area contributed by atoms with Crippen LogP contribution in [0.5, 0.6) is 0 Å². The van der Waals surface area contributed by atoms with Crippen molar-refractivity contribution in [3.8, 4) is 10.4 Å². The van der Waals surface area contributed by atoms with Crippen molar-refractivity contribution >= 4 is 17.0 Å². The van der Waals surface area contributed by atoms with Gasteiger partial charge in [0.05, 0.1) is 4.88 Å². The molecule has 1 aromatic carbocycles. The van der Waals surface area contributed by atoms with Gasteiger partial charge in [0.25, 0.3) is 0 Å². The molecule has 0 unspecified atom stereocenters. The van der Waals surface area contributed by atoms with Gasteiger partial charge in [0.15, 0.2) is 5.01 Å². The molecule has 0 aliphatic carbocycles. The Labute approximate surface area is 99.9 Å². The molecule has 6 heteroatoms. The number of alkyl halides is 3. The van der Waals surface area contributed by atoms with Crippen LogP contribution in [0.3, 0.4) is 0 Å². The van der Waals surface area contributed by atoms with Crippen LogP contribution in [0, 0.1) is 6.92 Å². The Balaban J connectivity index is 2.40. The van der Waals surface area contributed by atoms with Crippen LogP contribution >= 0.6 is 11.3 Å². The first-order chi connectivity index (χ1) is 7.88. The quantitative estimate of drug-likeness (QED) is 0.792. The number of aryl methyl sites for hydroxylation is 1. The minimum absolute atomic E-state index is 0.462. The number of nitrogen functional groups attached to an aromatic ring is 1. The van der Waals surface area contributed by atoms with Gasteiger partial charge in [-0.15, -0.1) is 11.3 Å². The number of hydrogen-bond donors (Lipinski definition) is 1. The molecular formula is C11H9F3N2S. The Hall–Kier alpha value is -1.56. The maximum Gasteiger partial charge on any atom is 0.443 e. The summed E-state index contributed by atoms with van der Waals surface area (Å²) in [6.45, 7) is 1.84. The van der Waals surface area contributed by atoms with Crippen LogP contribution in [-0.4, -0.2) is 4.98 Å². The lowest BCUT2D eigenvalue weighted by molar-refractivity contribution is -0.137. The summed E-state index contributed by atoms with van der Waals surface area (Å²) in [4.78, 5) is 3.83. The zero-order valence-electron chi connectivity index (χ0n) is 8.88. The van der Waals surface area contributed by atoms with Crippen molar-refractivity contribution in [1.82, 2.24) is 4.98 Å². The summed E-state index contributed by atoms with van der Waals surface area (Å²) in [5.74, 6) is 0. The number of nitrogens with two attached hydrogens (primary N) is 1. The van der Waals surface area contributed by atoms with Gasteiger partial charge in [0.1, 0.15) is 0 Å². The smallest absolute Gasteiger partial charge is 0.398 e. The number of halogens is 3. The van der Waals surface area contributed by atoms with Crippen LogP contribution in [-0.2, 0) is 6.18 Å². The van der Waals surface area contributed by atoms with Crippen LogP contribution in [0.4, 0.5) is 18.9 Å². The number of anilines is 1. The minimum atomic E-state index is -4.39. The SMILES string of the molecule is Cc1ccc(-c2cnc(C(F)(F)F)s2)cc1N. The van der Waals surface area contributed by atoms with Crippen LogP contribution in [0.1, 0.15) is 10.6 Å². The zero-order valence-corrected chi connectivity index (χ0v) is 9.69.